The maximum absolute atomic E-state index is 13.2. The van der Waals surface area contributed by atoms with E-state index in [0.717, 1.165) is 5.56 Å². The molecule has 0 unspecified atom stereocenters. The molecule has 0 radical (unpaired) electrons. The number of benzene rings is 2. The molecule has 2 N–H and O–H groups in total. The first kappa shape index (κ1) is 14.5. The SMILES string of the molecule is C[C@H](O)c1cc(F)ccc1Oc1ccc(CCO)cc1. The summed E-state index contributed by atoms with van der Waals surface area (Å²) in [7, 11) is 0. The van der Waals surface area contributed by atoms with Gasteiger partial charge in [-0.1, -0.05) is 12.1 Å². The molecule has 0 fully saturated rings. The van der Waals surface area contributed by atoms with Gasteiger partial charge in [0.25, 0.3) is 0 Å². The van der Waals surface area contributed by atoms with Crippen LogP contribution in [-0.2, 0) is 6.42 Å². The summed E-state index contributed by atoms with van der Waals surface area (Å²) in [6.07, 6.45) is -0.218. The molecule has 0 aliphatic carbocycles. The lowest BCUT2D eigenvalue weighted by Gasteiger charge is -2.13. The Balaban J connectivity index is 2.21. The minimum absolute atomic E-state index is 0.102. The van der Waals surface area contributed by atoms with E-state index in [1.54, 1.807) is 19.1 Å². The Morgan fingerprint density at radius 1 is 1.15 bits per heavy atom. The normalized spacial score (nSPS) is 12.2. The molecule has 0 bridgehead atoms. The van der Waals surface area contributed by atoms with Crippen LogP contribution in [0.1, 0.15) is 24.2 Å². The summed E-state index contributed by atoms with van der Waals surface area (Å²) in [4.78, 5) is 0. The monoisotopic (exact) mass is 276 g/mol. The highest BCUT2D eigenvalue weighted by molar-refractivity contribution is 5.40. The van der Waals surface area contributed by atoms with E-state index in [0.29, 0.717) is 23.5 Å². The molecule has 0 saturated heterocycles. The van der Waals surface area contributed by atoms with Crippen molar-refractivity contribution in [3.8, 4) is 11.5 Å². The molecule has 0 aliphatic rings. The molecule has 2 aromatic rings. The van der Waals surface area contributed by atoms with E-state index in [1.165, 1.54) is 18.2 Å². The minimum Gasteiger partial charge on any atom is -0.457 e. The van der Waals surface area contributed by atoms with Gasteiger partial charge in [-0.25, -0.2) is 4.39 Å². The van der Waals surface area contributed by atoms with Crippen molar-refractivity contribution in [1.82, 2.24) is 0 Å². The fraction of sp³-hybridized carbons (Fsp3) is 0.250. The van der Waals surface area contributed by atoms with Gasteiger partial charge in [0, 0.05) is 12.2 Å². The second-order valence-corrected chi connectivity index (χ2v) is 4.58. The third-order valence-corrected chi connectivity index (χ3v) is 2.97. The summed E-state index contributed by atoms with van der Waals surface area (Å²) in [5, 5.41) is 18.5. The van der Waals surface area contributed by atoms with Crippen LogP contribution in [0.5, 0.6) is 11.5 Å². The van der Waals surface area contributed by atoms with Gasteiger partial charge in [-0.15, -0.1) is 0 Å². The largest absolute Gasteiger partial charge is 0.457 e. The van der Waals surface area contributed by atoms with E-state index in [4.69, 9.17) is 9.84 Å². The lowest BCUT2D eigenvalue weighted by atomic mass is 10.1. The maximum atomic E-state index is 13.2. The smallest absolute Gasteiger partial charge is 0.133 e. The van der Waals surface area contributed by atoms with Crippen LogP contribution in [0, 0.1) is 5.82 Å². The number of aliphatic hydroxyl groups is 2. The van der Waals surface area contributed by atoms with Crippen molar-refractivity contribution in [2.75, 3.05) is 6.61 Å². The van der Waals surface area contributed by atoms with Crippen molar-refractivity contribution in [3.05, 3.63) is 59.4 Å². The molecule has 2 rings (SSSR count). The summed E-state index contributed by atoms with van der Waals surface area (Å²) < 4.78 is 18.9. The zero-order valence-electron chi connectivity index (χ0n) is 11.2. The highest BCUT2D eigenvalue weighted by Crippen LogP contribution is 2.30. The first-order valence-electron chi connectivity index (χ1n) is 6.45. The lowest BCUT2D eigenvalue weighted by molar-refractivity contribution is 0.195. The van der Waals surface area contributed by atoms with E-state index in [9.17, 15) is 9.50 Å². The number of halogens is 1. The second kappa shape index (κ2) is 6.50. The van der Waals surface area contributed by atoms with Crippen LogP contribution < -0.4 is 4.74 Å². The van der Waals surface area contributed by atoms with Crippen LogP contribution in [-0.4, -0.2) is 16.8 Å². The third-order valence-electron chi connectivity index (χ3n) is 2.97. The molecular weight excluding hydrogens is 259 g/mol. The van der Waals surface area contributed by atoms with Gasteiger partial charge < -0.3 is 14.9 Å². The molecule has 0 amide bonds. The summed E-state index contributed by atoms with van der Waals surface area (Å²) in [6, 6.07) is 11.3. The van der Waals surface area contributed by atoms with Gasteiger partial charge in [0.1, 0.15) is 17.3 Å². The molecule has 106 valence electrons. The van der Waals surface area contributed by atoms with Crippen molar-refractivity contribution in [2.24, 2.45) is 0 Å². The molecular formula is C16H17FO3. The number of aliphatic hydroxyl groups excluding tert-OH is 2. The van der Waals surface area contributed by atoms with E-state index in [-0.39, 0.29) is 6.61 Å². The minimum atomic E-state index is -0.811. The topological polar surface area (TPSA) is 49.7 Å². The maximum Gasteiger partial charge on any atom is 0.133 e. The van der Waals surface area contributed by atoms with Crippen LogP contribution in [0.4, 0.5) is 4.39 Å². The predicted molar refractivity (Wildman–Crippen MR) is 74.3 cm³/mol. The molecule has 0 heterocycles. The van der Waals surface area contributed by atoms with Crippen LogP contribution in [0.25, 0.3) is 0 Å². The zero-order chi connectivity index (χ0) is 14.5. The van der Waals surface area contributed by atoms with Gasteiger partial charge in [-0.05, 0) is 49.2 Å². The van der Waals surface area contributed by atoms with Gasteiger partial charge in [0.2, 0.25) is 0 Å². The van der Waals surface area contributed by atoms with Gasteiger partial charge in [0.05, 0.1) is 6.10 Å². The molecule has 0 spiro atoms. The van der Waals surface area contributed by atoms with Gasteiger partial charge >= 0.3 is 0 Å². The van der Waals surface area contributed by atoms with Crippen molar-refractivity contribution >= 4 is 0 Å². The lowest BCUT2D eigenvalue weighted by Crippen LogP contribution is -1.97. The quantitative estimate of drug-likeness (QED) is 0.881. The number of ether oxygens (including phenoxy) is 1. The Kier molecular flexibility index (Phi) is 4.71. The van der Waals surface area contributed by atoms with E-state index >= 15 is 0 Å². The standard InChI is InChI=1S/C16H17FO3/c1-11(19)15-10-13(17)4-7-16(15)20-14-5-2-12(3-6-14)8-9-18/h2-7,10-11,18-19H,8-9H2,1H3/t11-/m0/s1. The van der Waals surface area contributed by atoms with E-state index < -0.39 is 11.9 Å². The fourth-order valence-corrected chi connectivity index (χ4v) is 1.92. The molecule has 3 nitrogen and oxygen atoms in total. The number of hydrogen-bond donors (Lipinski definition) is 2. The van der Waals surface area contributed by atoms with Crippen molar-refractivity contribution in [1.29, 1.82) is 0 Å². The zero-order valence-corrected chi connectivity index (χ0v) is 11.2. The highest BCUT2D eigenvalue weighted by atomic mass is 19.1. The average Bonchev–Trinajstić information content (AvgIpc) is 2.43. The molecule has 4 heteroatoms. The molecule has 0 aliphatic heterocycles. The molecule has 20 heavy (non-hydrogen) atoms. The molecule has 1 atom stereocenters. The highest BCUT2D eigenvalue weighted by Gasteiger charge is 2.11. The third kappa shape index (κ3) is 3.56. The number of rotatable bonds is 5. The van der Waals surface area contributed by atoms with Crippen molar-refractivity contribution in [3.63, 3.8) is 0 Å². The van der Waals surface area contributed by atoms with Crippen LogP contribution in [0.3, 0.4) is 0 Å². The summed E-state index contributed by atoms with van der Waals surface area (Å²) >= 11 is 0. The Bertz CT molecular complexity index is 564. The molecule has 0 saturated carbocycles. The summed E-state index contributed by atoms with van der Waals surface area (Å²) in [6.45, 7) is 1.66. The Hall–Kier alpha value is -1.91. The van der Waals surface area contributed by atoms with Gasteiger partial charge in [-0.2, -0.15) is 0 Å². The van der Waals surface area contributed by atoms with E-state index in [1.807, 2.05) is 12.1 Å². The predicted octanol–water partition coefficient (Wildman–Crippen LogP) is 3.21. The first-order valence-corrected chi connectivity index (χ1v) is 6.45. The summed E-state index contributed by atoms with van der Waals surface area (Å²) in [5.41, 5.74) is 1.42. The Morgan fingerprint density at radius 3 is 2.45 bits per heavy atom. The average molecular weight is 276 g/mol. The number of hydrogen-bond acceptors (Lipinski definition) is 3. The second-order valence-electron chi connectivity index (χ2n) is 4.58. The Labute approximate surface area is 117 Å². The molecule has 0 aromatic heterocycles. The Morgan fingerprint density at radius 2 is 1.85 bits per heavy atom. The van der Waals surface area contributed by atoms with Crippen LogP contribution in [0.15, 0.2) is 42.5 Å². The van der Waals surface area contributed by atoms with Gasteiger partial charge in [-0.3, -0.25) is 0 Å². The van der Waals surface area contributed by atoms with Crippen molar-refractivity contribution in [2.45, 2.75) is 19.4 Å². The van der Waals surface area contributed by atoms with Crippen molar-refractivity contribution < 1.29 is 19.3 Å². The first-order chi connectivity index (χ1) is 9.60. The summed E-state index contributed by atoms with van der Waals surface area (Å²) in [5.74, 6) is 0.614. The van der Waals surface area contributed by atoms with Crippen LogP contribution in [0.2, 0.25) is 0 Å². The molecule has 2 aromatic carbocycles. The van der Waals surface area contributed by atoms with Gasteiger partial charge in [0.15, 0.2) is 0 Å². The van der Waals surface area contributed by atoms with Crippen LogP contribution >= 0.6 is 0 Å². The fourth-order valence-electron chi connectivity index (χ4n) is 1.92. The van der Waals surface area contributed by atoms with E-state index in [2.05, 4.69) is 0 Å².